The predicted molar refractivity (Wildman–Crippen MR) is 50.2 cm³/mol. The van der Waals surface area contributed by atoms with Gasteiger partial charge in [-0.3, -0.25) is 0 Å². The van der Waals surface area contributed by atoms with Gasteiger partial charge in [-0.25, -0.2) is 0 Å². The van der Waals surface area contributed by atoms with Crippen molar-refractivity contribution in [2.45, 2.75) is 33.9 Å². The molecule has 0 atom stereocenters. The third kappa shape index (κ3) is 3.14. The van der Waals surface area contributed by atoms with Gasteiger partial charge in [0.25, 0.3) is 0 Å². The van der Waals surface area contributed by atoms with Gasteiger partial charge in [0.1, 0.15) is 12.9 Å². The van der Waals surface area contributed by atoms with Gasteiger partial charge in [-0.15, -0.1) is 10.2 Å². The summed E-state index contributed by atoms with van der Waals surface area (Å²) in [6.07, 6.45) is 1.76. The number of hydrogen-bond donors (Lipinski definition) is 0. The van der Waals surface area contributed by atoms with Crippen molar-refractivity contribution in [2.24, 2.45) is 5.92 Å². The van der Waals surface area contributed by atoms with Crippen LogP contribution in [0.3, 0.4) is 0 Å². The Morgan fingerprint density at radius 2 is 2.31 bits per heavy atom. The van der Waals surface area contributed by atoms with E-state index in [0.717, 1.165) is 12.4 Å². The first kappa shape index (κ1) is 10.2. The van der Waals surface area contributed by atoms with Crippen molar-refractivity contribution in [1.82, 2.24) is 14.8 Å². The molecule has 1 aromatic rings. The highest BCUT2D eigenvalue weighted by Crippen LogP contribution is 2.02. The van der Waals surface area contributed by atoms with Crippen LogP contribution in [0.1, 0.15) is 26.6 Å². The monoisotopic (exact) mass is 183 g/mol. The van der Waals surface area contributed by atoms with E-state index >= 15 is 0 Å². The lowest BCUT2D eigenvalue weighted by atomic mass is 10.2. The van der Waals surface area contributed by atoms with Crippen molar-refractivity contribution in [3.63, 3.8) is 0 Å². The molecule has 0 bridgehead atoms. The maximum Gasteiger partial charge on any atom is 0.158 e. The molecule has 0 amide bonds. The van der Waals surface area contributed by atoms with Crippen LogP contribution in [0.2, 0.25) is 0 Å². The third-order valence-electron chi connectivity index (χ3n) is 1.69. The van der Waals surface area contributed by atoms with E-state index in [1.807, 2.05) is 11.5 Å². The molecule has 0 aliphatic rings. The van der Waals surface area contributed by atoms with Crippen LogP contribution in [-0.2, 0) is 17.9 Å². The van der Waals surface area contributed by atoms with Gasteiger partial charge in [0.2, 0.25) is 0 Å². The quantitative estimate of drug-likeness (QED) is 0.694. The van der Waals surface area contributed by atoms with Crippen LogP contribution in [0.15, 0.2) is 6.33 Å². The summed E-state index contributed by atoms with van der Waals surface area (Å²) in [4.78, 5) is 0. The van der Waals surface area contributed by atoms with Crippen LogP contribution in [0.4, 0.5) is 0 Å². The molecule has 0 unspecified atom stereocenters. The van der Waals surface area contributed by atoms with E-state index in [2.05, 4.69) is 24.0 Å². The first-order valence-electron chi connectivity index (χ1n) is 4.68. The van der Waals surface area contributed by atoms with E-state index in [4.69, 9.17) is 4.74 Å². The highest BCUT2D eigenvalue weighted by atomic mass is 16.5. The SMILES string of the molecule is CCOCc1nncn1CC(C)C. The fourth-order valence-electron chi connectivity index (χ4n) is 1.13. The molecule has 1 aromatic heterocycles. The van der Waals surface area contributed by atoms with Crippen molar-refractivity contribution in [3.05, 3.63) is 12.2 Å². The molecule has 0 N–H and O–H groups in total. The molecule has 0 aromatic carbocycles. The number of rotatable bonds is 5. The van der Waals surface area contributed by atoms with Crippen LogP contribution in [-0.4, -0.2) is 21.4 Å². The van der Waals surface area contributed by atoms with E-state index in [-0.39, 0.29) is 0 Å². The summed E-state index contributed by atoms with van der Waals surface area (Å²) in [5.41, 5.74) is 0. The highest BCUT2D eigenvalue weighted by molar-refractivity contribution is 4.83. The van der Waals surface area contributed by atoms with E-state index < -0.39 is 0 Å². The molecule has 0 aliphatic carbocycles. The van der Waals surface area contributed by atoms with Gasteiger partial charge in [-0.2, -0.15) is 0 Å². The van der Waals surface area contributed by atoms with E-state index in [1.165, 1.54) is 0 Å². The van der Waals surface area contributed by atoms with Gasteiger partial charge in [0.15, 0.2) is 5.82 Å². The largest absolute Gasteiger partial charge is 0.374 e. The molecule has 0 saturated carbocycles. The van der Waals surface area contributed by atoms with Crippen LogP contribution in [0.25, 0.3) is 0 Å². The smallest absolute Gasteiger partial charge is 0.158 e. The molecule has 1 heterocycles. The lowest BCUT2D eigenvalue weighted by molar-refractivity contribution is 0.125. The summed E-state index contributed by atoms with van der Waals surface area (Å²) in [6, 6.07) is 0. The van der Waals surface area contributed by atoms with Gasteiger partial charge in [-0.1, -0.05) is 13.8 Å². The summed E-state index contributed by atoms with van der Waals surface area (Å²) < 4.78 is 7.32. The first-order chi connectivity index (χ1) is 6.24. The molecule has 0 spiro atoms. The van der Waals surface area contributed by atoms with Crippen molar-refractivity contribution < 1.29 is 4.74 Å². The second kappa shape index (κ2) is 4.97. The zero-order chi connectivity index (χ0) is 9.68. The minimum absolute atomic E-state index is 0.559. The molecule has 0 aliphatic heterocycles. The first-order valence-corrected chi connectivity index (χ1v) is 4.68. The van der Waals surface area contributed by atoms with Crippen LogP contribution >= 0.6 is 0 Å². The Morgan fingerprint density at radius 1 is 1.54 bits per heavy atom. The fraction of sp³-hybridized carbons (Fsp3) is 0.778. The average molecular weight is 183 g/mol. The Hall–Kier alpha value is -0.900. The zero-order valence-electron chi connectivity index (χ0n) is 8.53. The van der Waals surface area contributed by atoms with Crippen LogP contribution in [0, 0.1) is 5.92 Å². The van der Waals surface area contributed by atoms with E-state index in [1.54, 1.807) is 6.33 Å². The fourth-order valence-corrected chi connectivity index (χ4v) is 1.13. The maximum atomic E-state index is 5.28. The highest BCUT2D eigenvalue weighted by Gasteiger charge is 2.04. The third-order valence-corrected chi connectivity index (χ3v) is 1.69. The normalized spacial score (nSPS) is 11.1. The van der Waals surface area contributed by atoms with Gasteiger partial charge < -0.3 is 9.30 Å². The summed E-state index contributed by atoms with van der Waals surface area (Å²) in [5.74, 6) is 1.52. The van der Waals surface area contributed by atoms with E-state index in [9.17, 15) is 0 Å². The predicted octanol–water partition coefficient (Wildman–Crippen LogP) is 1.47. The number of aromatic nitrogens is 3. The summed E-state index contributed by atoms with van der Waals surface area (Å²) in [5, 5.41) is 7.86. The van der Waals surface area contributed by atoms with Gasteiger partial charge in [0, 0.05) is 13.2 Å². The second-order valence-electron chi connectivity index (χ2n) is 3.43. The van der Waals surface area contributed by atoms with Crippen LogP contribution < -0.4 is 0 Å². The molecule has 0 fully saturated rings. The molecule has 0 radical (unpaired) electrons. The molecular formula is C9H17N3O. The molecule has 4 heteroatoms. The molecule has 13 heavy (non-hydrogen) atoms. The van der Waals surface area contributed by atoms with Gasteiger partial charge in [-0.05, 0) is 12.8 Å². The lowest BCUT2D eigenvalue weighted by Crippen LogP contribution is -2.09. The van der Waals surface area contributed by atoms with E-state index in [0.29, 0.717) is 19.1 Å². The topological polar surface area (TPSA) is 39.9 Å². The molecule has 0 saturated heterocycles. The van der Waals surface area contributed by atoms with Gasteiger partial charge >= 0.3 is 0 Å². The molecule has 4 nitrogen and oxygen atoms in total. The van der Waals surface area contributed by atoms with Crippen molar-refractivity contribution >= 4 is 0 Å². The standard InChI is InChI=1S/C9H17N3O/c1-4-13-6-9-11-10-7-12(9)5-8(2)3/h7-8H,4-6H2,1-3H3. The summed E-state index contributed by atoms with van der Waals surface area (Å²) >= 11 is 0. The lowest BCUT2D eigenvalue weighted by Gasteiger charge is -2.08. The maximum absolute atomic E-state index is 5.28. The molecule has 1 rings (SSSR count). The minimum atomic E-state index is 0.559. The Balaban J connectivity index is 2.55. The van der Waals surface area contributed by atoms with Gasteiger partial charge in [0.05, 0.1) is 0 Å². The molecular weight excluding hydrogens is 166 g/mol. The van der Waals surface area contributed by atoms with Crippen LogP contribution in [0.5, 0.6) is 0 Å². The Bertz CT molecular complexity index is 245. The van der Waals surface area contributed by atoms with Crippen molar-refractivity contribution in [1.29, 1.82) is 0 Å². The Kier molecular flexibility index (Phi) is 3.89. The Morgan fingerprint density at radius 3 is 2.92 bits per heavy atom. The second-order valence-corrected chi connectivity index (χ2v) is 3.43. The minimum Gasteiger partial charge on any atom is -0.374 e. The summed E-state index contributed by atoms with van der Waals surface area (Å²) in [6.45, 7) is 8.55. The van der Waals surface area contributed by atoms with Crippen molar-refractivity contribution in [2.75, 3.05) is 6.61 Å². The zero-order valence-corrected chi connectivity index (χ0v) is 8.53. The number of nitrogens with zero attached hydrogens (tertiary/aromatic N) is 3. The van der Waals surface area contributed by atoms with Crippen molar-refractivity contribution in [3.8, 4) is 0 Å². The molecule has 74 valence electrons. The summed E-state index contributed by atoms with van der Waals surface area (Å²) in [7, 11) is 0. The number of ether oxygens (including phenoxy) is 1. The average Bonchev–Trinajstić information content (AvgIpc) is 2.48. The number of hydrogen-bond acceptors (Lipinski definition) is 3. The Labute approximate surface area is 78.9 Å².